The third-order valence-electron chi connectivity index (χ3n) is 8.43. The number of carbonyl (C=O) groups excluding carboxylic acids is 1. The lowest BCUT2D eigenvalue weighted by molar-refractivity contribution is -0.265. The van der Waals surface area contributed by atoms with E-state index in [0.29, 0.717) is 27.9 Å². The average molecular weight is 634 g/mol. The number of H-pyrrole nitrogens is 1. The van der Waals surface area contributed by atoms with Crippen LogP contribution < -0.4 is 14.8 Å². The Balaban J connectivity index is 1.29. The van der Waals surface area contributed by atoms with Gasteiger partial charge < -0.3 is 19.9 Å². The van der Waals surface area contributed by atoms with E-state index in [9.17, 15) is 27.5 Å². The van der Waals surface area contributed by atoms with Gasteiger partial charge in [0, 0.05) is 40.2 Å². The number of hydrogen-bond donors (Lipinski definition) is 3. The molecule has 3 aromatic heterocycles. The Bertz CT molecular complexity index is 1950. The first-order valence-electron chi connectivity index (χ1n) is 14.5. The fourth-order valence-electron chi connectivity index (χ4n) is 5.58. The highest BCUT2D eigenvalue weighted by Crippen LogP contribution is 2.49. The van der Waals surface area contributed by atoms with E-state index in [1.807, 2.05) is 0 Å². The largest absolute Gasteiger partial charge is 0.490 e. The van der Waals surface area contributed by atoms with Gasteiger partial charge in [0.05, 0.1) is 23.8 Å². The topological polar surface area (TPSA) is 122 Å². The zero-order chi connectivity index (χ0) is 32.3. The molecule has 4 heterocycles. The SMILES string of the molecule is C[C@]1(c2ccn[nH]2)COc2c1cc([C@@](O)(CNC(=O)c1cc(OC3CC3)c3ncccc3c1)C(F)(F)F)nc2-c1ccc(F)cc1. The molecule has 236 valence electrons. The number of benzene rings is 2. The molecule has 0 saturated heterocycles. The molecule has 1 amide bonds. The van der Waals surface area contributed by atoms with Gasteiger partial charge in [0.25, 0.3) is 5.91 Å². The maximum absolute atomic E-state index is 14.9. The van der Waals surface area contributed by atoms with Crippen LogP contribution in [0.15, 0.2) is 73.1 Å². The zero-order valence-corrected chi connectivity index (χ0v) is 24.4. The predicted octanol–water partition coefficient (Wildman–Crippen LogP) is 5.58. The number of rotatable bonds is 8. The third-order valence-corrected chi connectivity index (χ3v) is 8.43. The highest BCUT2D eigenvalue weighted by atomic mass is 19.4. The Morgan fingerprint density at radius 2 is 1.91 bits per heavy atom. The average Bonchev–Trinajstić information content (AvgIpc) is 3.53. The third kappa shape index (κ3) is 5.10. The van der Waals surface area contributed by atoms with Crippen LogP contribution in [0.25, 0.3) is 22.2 Å². The van der Waals surface area contributed by atoms with Crippen molar-refractivity contribution in [2.24, 2.45) is 0 Å². The van der Waals surface area contributed by atoms with Crippen molar-refractivity contribution < 1.29 is 36.9 Å². The molecule has 1 fully saturated rings. The second-order valence-electron chi connectivity index (χ2n) is 11.7. The van der Waals surface area contributed by atoms with Crippen LogP contribution in [0.4, 0.5) is 17.6 Å². The van der Waals surface area contributed by atoms with Gasteiger partial charge in [-0.05, 0) is 74.4 Å². The van der Waals surface area contributed by atoms with Crippen LogP contribution in [0, 0.1) is 5.82 Å². The lowest BCUT2D eigenvalue weighted by Crippen LogP contribution is -2.51. The number of amides is 1. The Kier molecular flexibility index (Phi) is 6.96. The van der Waals surface area contributed by atoms with Crippen LogP contribution >= 0.6 is 0 Å². The quantitative estimate of drug-likeness (QED) is 0.191. The van der Waals surface area contributed by atoms with Crippen molar-refractivity contribution >= 4 is 16.8 Å². The first kappa shape index (κ1) is 29.7. The van der Waals surface area contributed by atoms with Gasteiger partial charge in [-0.3, -0.25) is 14.9 Å². The molecule has 2 atom stereocenters. The van der Waals surface area contributed by atoms with E-state index < -0.39 is 41.2 Å². The molecule has 0 spiro atoms. The molecule has 13 heteroatoms. The molecule has 0 bridgehead atoms. The molecule has 5 aromatic rings. The van der Waals surface area contributed by atoms with E-state index in [0.717, 1.165) is 31.0 Å². The number of hydrogen-bond acceptors (Lipinski definition) is 7. The number of halogens is 4. The summed E-state index contributed by atoms with van der Waals surface area (Å²) in [5, 5.41) is 21.1. The number of alkyl halides is 3. The van der Waals surface area contributed by atoms with E-state index in [4.69, 9.17) is 9.47 Å². The summed E-state index contributed by atoms with van der Waals surface area (Å²) in [5.41, 5.74) is -3.71. The molecule has 1 aliphatic heterocycles. The first-order valence-corrected chi connectivity index (χ1v) is 14.5. The molecule has 2 aliphatic rings. The molecule has 0 unspecified atom stereocenters. The summed E-state index contributed by atoms with van der Waals surface area (Å²) in [6.07, 6.45) is -0.511. The van der Waals surface area contributed by atoms with Crippen molar-refractivity contribution in [3.63, 3.8) is 0 Å². The van der Waals surface area contributed by atoms with Crippen LogP contribution in [-0.4, -0.2) is 56.6 Å². The van der Waals surface area contributed by atoms with Crippen LogP contribution in [0.1, 0.15) is 47.1 Å². The molecule has 7 rings (SSSR count). The summed E-state index contributed by atoms with van der Waals surface area (Å²) in [6.45, 7) is 0.539. The fourth-order valence-corrected chi connectivity index (χ4v) is 5.58. The monoisotopic (exact) mass is 633 g/mol. The minimum Gasteiger partial charge on any atom is -0.490 e. The van der Waals surface area contributed by atoms with Crippen molar-refractivity contribution in [3.05, 3.63) is 101 Å². The summed E-state index contributed by atoms with van der Waals surface area (Å²) in [7, 11) is 0. The molecule has 46 heavy (non-hydrogen) atoms. The lowest BCUT2D eigenvalue weighted by atomic mass is 9.80. The lowest BCUT2D eigenvalue weighted by Gasteiger charge is -2.31. The van der Waals surface area contributed by atoms with Gasteiger partial charge in [0.1, 0.15) is 35.1 Å². The van der Waals surface area contributed by atoms with E-state index in [-0.39, 0.29) is 35.3 Å². The van der Waals surface area contributed by atoms with Gasteiger partial charge in [-0.2, -0.15) is 18.3 Å². The molecule has 9 nitrogen and oxygen atoms in total. The summed E-state index contributed by atoms with van der Waals surface area (Å²) in [5.74, 6) is -0.878. The number of aromatic nitrogens is 4. The van der Waals surface area contributed by atoms with Crippen molar-refractivity contribution in [1.82, 2.24) is 25.5 Å². The van der Waals surface area contributed by atoms with Gasteiger partial charge in [0.2, 0.25) is 5.60 Å². The smallest absolute Gasteiger partial charge is 0.424 e. The Labute approximate surface area is 259 Å². The second-order valence-corrected chi connectivity index (χ2v) is 11.7. The molecule has 3 N–H and O–H groups in total. The second kappa shape index (κ2) is 10.8. The molecular weight excluding hydrogens is 606 g/mol. The maximum Gasteiger partial charge on any atom is 0.424 e. The van der Waals surface area contributed by atoms with Gasteiger partial charge >= 0.3 is 6.18 Å². The van der Waals surface area contributed by atoms with Crippen LogP contribution in [0.3, 0.4) is 0 Å². The molecule has 1 aliphatic carbocycles. The maximum atomic E-state index is 14.9. The Morgan fingerprint density at radius 3 is 2.61 bits per heavy atom. The summed E-state index contributed by atoms with van der Waals surface area (Å²) in [6, 6.07) is 14.2. The van der Waals surface area contributed by atoms with Crippen LogP contribution in [0.2, 0.25) is 0 Å². The van der Waals surface area contributed by atoms with E-state index >= 15 is 0 Å². The molecular formula is C33H27F4N5O4. The van der Waals surface area contributed by atoms with Crippen LogP contribution in [0.5, 0.6) is 11.5 Å². The van der Waals surface area contributed by atoms with Gasteiger partial charge in [-0.25, -0.2) is 9.37 Å². The van der Waals surface area contributed by atoms with E-state index in [2.05, 4.69) is 25.5 Å². The van der Waals surface area contributed by atoms with Crippen molar-refractivity contribution in [2.45, 2.75) is 43.1 Å². The van der Waals surface area contributed by atoms with E-state index in [1.165, 1.54) is 30.5 Å². The number of nitrogens with zero attached hydrogens (tertiary/aromatic N) is 3. The number of aliphatic hydroxyl groups is 1. The van der Waals surface area contributed by atoms with Crippen molar-refractivity contribution in [2.75, 3.05) is 13.2 Å². The molecule has 2 aromatic carbocycles. The van der Waals surface area contributed by atoms with Gasteiger partial charge in [-0.1, -0.05) is 6.07 Å². The minimum absolute atomic E-state index is 0.0172. The Hall–Kier alpha value is -5.04. The summed E-state index contributed by atoms with van der Waals surface area (Å²) >= 11 is 0. The first-order chi connectivity index (χ1) is 22.0. The Morgan fingerprint density at radius 1 is 1.13 bits per heavy atom. The highest BCUT2D eigenvalue weighted by Gasteiger charge is 2.57. The summed E-state index contributed by atoms with van der Waals surface area (Å²) < 4.78 is 70.4. The molecule has 1 saturated carbocycles. The predicted molar refractivity (Wildman–Crippen MR) is 158 cm³/mol. The number of carbonyl (C=O) groups is 1. The van der Waals surface area contributed by atoms with E-state index in [1.54, 1.807) is 31.3 Å². The normalized spacial score (nSPS) is 18.9. The van der Waals surface area contributed by atoms with Crippen LogP contribution in [-0.2, 0) is 11.0 Å². The minimum atomic E-state index is -5.28. The van der Waals surface area contributed by atoms with Crippen molar-refractivity contribution in [1.29, 1.82) is 0 Å². The summed E-state index contributed by atoms with van der Waals surface area (Å²) in [4.78, 5) is 21.9. The molecule has 0 radical (unpaired) electrons. The standard InChI is InChI=1S/C33H27F4N5O4/c1-31(25-10-12-40-42-25)17-45-29-23(31)15-26(41-28(29)18-4-6-21(34)7-5-18)32(44,33(35,36)37)16-39-30(43)20-13-19-3-2-11-38-27(19)24(14-20)46-22-8-9-22/h2-7,10-15,22,44H,8-9,16-17H2,1H3,(H,39,43)(H,40,42)/t31-,32-/m0/s1. The number of aromatic amines is 1. The van der Waals surface area contributed by atoms with Gasteiger partial charge in [0.15, 0.2) is 0 Å². The number of ether oxygens (including phenoxy) is 2. The number of nitrogens with one attached hydrogen (secondary N) is 2. The fraction of sp³-hybridized carbons (Fsp3) is 0.273. The van der Waals surface area contributed by atoms with Gasteiger partial charge in [-0.15, -0.1) is 0 Å². The zero-order valence-electron chi connectivity index (χ0n) is 24.4. The number of fused-ring (bicyclic) bond motifs is 2. The van der Waals surface area contributed by atoms with Crippen molar-refractivity contribution in [3.8, 4) is 22.8 Å². The highest BCUT2D eigenvalue weighted by molar-refractivity contribution is 6.00. The number of pyridine rings is 2.